The van der Waals surface area contributed by atoms with Crippen LogP contribution in [0.5, 0.6) is 0 Å². The molecule has 5 heteroatoms. The van der Waals surface area contributed by atoms with Crippen LogP contribution in [0.2, 0.25) is 0 Å². The molecule has 1 aliphatic heterocycles. The molecule has 130 valence electrons. The van der Waals surface area contributed by atoms with Crippen LogP contribution in [0.15, 0.2) is 48.5 Å². The van der Waals surface area contributed by atoms with Gasteiger partial charge >= 0.3 is 0 Å². The topological polar surface area (TPSA) is 67.6 Å². The molecule has 1 heterocycles. The van der Waals surface area contributed by atoms with Crippen molar-refractivity contribution in [3.05, 3.63) is 59.7 Å². The van der Waals surface area contributed by atoms with E-state index < -0.39 is 0 Å². The van der Waals surface area contributed by atoms with Gasteiger partial charge in [0.1, 0.15) is 0 Å². The molecule has 0 spiro atoms. The number of ether oxygens (including phenoxy) is 1. The molecule has 0 unspecified atom stereocenters. The van der Waals surface area contributed by atoms with Gasteiger partial charge in [0.2, 0.25) is 0 Å². The standard InChI is InChI=1S/C20H23N3O2/c21-19-13-18(19)14-1-5-16(6-2-14)22-20(24)15-3-7-17(8-4-15)23-9-11-25-12-10-23/h1-8,18-19H,9-13,21H2,(H,22,24)/t18-,19+/m0/s1. The highest BCUT2D eigenvalue weighted by atomic mass is 16.5. The van der Waals surface area contributed by atoms with Gasteiger partial charge in [0.25, 0.3) is 5.91 Å². The molecular weight excluding hydrogens is 314 g/mol. The summed E-state index contributed by atoms with van der Waals surface area (Å²) in [5.74, 6) is 0.391. The lowest BCUT2D eigenvalue weighted by Gasteiger charge is -2.28. The normalized spacial score (nSPS) is 22.5. The SMILES string of the molecule is N[C@@H]1C[C@H]1c1ccc(NC(=O)c2ccc(N3CCOCC3)cc2)cc1. The number of benzene rings is 2. The van der Waals surface area contributed by atoms with Crippen molar-refractivity contribution in [1.82, 2.24) is 0 Å². The predicted molar refractivity (Wildman–Crippen MR) is 99.2 cm³/mol. The number of nitrogens with two attached hydrogens (primary N) is 1. The lowest BCUT2D eigenvalue weighted by Crippen LogP contribution is -2.36. The van der Waals surface area contributed by atoms with Crippen molar-refractivity contribution >= 4 is 17.3 Å². The maximum Gasteiger partial charge on any atom is 0.255 e. The number of morpholine rings is 1. The first-order chi connectivity index (χ1) is 12.2. The molecule has 4 rings (SSSR count). The van der Waals surface area contributed by atoms with Crippen LogP contribution >= 0.6 is 0 Å². The first-order valence-electron chi connectivity index (χ1n) is 8.80. The molecule has 0 radical (unpaired) electrons. The average Bonchev–Trinajstić information content (AvgIpc) is 3.40. The highest BCUT2D eigenvalue weighted by Gasteiger charge is 2.34. The van der Waals surface area contributed by atoms with Crippen LogP contribution in [0.4, 0.5) is 11.4 Å². The van der Waals surface area contributed by atoms with E-state index in [1.807, 2.05) is 36.4 Å². The molecule has 0 bridgehead atoms. The average molecular weight is 337 g/mol. The molecule has 1 saturated heterocycles. The molecule has 2 atom stereocenters. The van der Waals surface area contributed by atoms with Gasteiger partial charge in [-0.15, -0.1) is 0 Å². The second kappa shape index (κ2) is 6.86. The van der Waals surface area contributed by atoms with Crippen molar-refractivity contribution < 1.29 is 9.53 Å². The second-order valence-electron chi connectivity index (χ2n) is 6.73. The van der Waals surface area contributed by atoms with Gasteiger partial charge in [-0.3, -0.25) is 4.79 Å². The van der Waals surface area contributed by atoms with Crippen molar-refractivity contribution in [3.8, 4) is 0 Å². The Hall–Kier alpha value is -2.37. The van der Waals surface area contributed by atoms with Gasteiger partial charge in [-0.05, 0) is 48.4 Å². The Morgan fingerprint density at radius 3 is 2.28 bits per heavy atom. The molecule has 0 aromatic heterocycles. The molecule has 25 heavy (non-hydrogen) atoms. The Labute approximate surface area is 147 Å². The summed E-state index contributed by atoms with van der Waals surface area (Å²) < 4.78 is 5.37. The zero-order valence-corrected chi connectivity index (χ0v) is 14.2. The second-order valence-corrected chi connectivity index (χ2v) is 6.73. The van der Waals surface area contributed by atoms with Crippen LogP contribution in [-0.2, 0) is 4.74 Å². The fourth-order valence-corrected chi connectivity index (χ4v) is 3.26. The highest BCUT2D eigenvalue weighted by molar-refractivity contribution is 6.04. The molecular formula is C20H23N3O2. The number of carbonyl (C=O) groups excluding carboxylic acids is 1. The van der Waals surface area contributed by atoms with Crippen LogP contribution < -0.4 is 16.0 Å². The maximum absolute atomic E-state index is 12.4. The van der Waals surface area contributed by atoms with E-state index in [0.29, 0.717) is 17.5 Å². The number of hydrogen-bond donors (Lipinski definition) is 2. The zero-order chi connectivity index (χ0) is 17.2. The summed E-state index contributed by atoms with van der Waals surface area (Å²) in [5.41, 5.74) is 9.72. The van der Waals surface area contributed by atoms with Crippen LogP contribution in [-0.4, -0.2) is 38.3 Å². The third-order valence-electron chi connectivity index (χ3n) is 4.94. The number of carbonyl (C=O) groups is 1. The molecule has 5 nitrogen and oxygen atoms in total. The van der Waals surface area contributed by atoms with E-state index in [4.69, 9.17) is 10.5 Å². The Morgan fingerprint density at radius 1 is 1.04 bits per heavy atom. The Morgan fingerprint density at radius 2 is 1.68 bits per heavy atom. The van der Waals surface area contributed by atoms with Gasteiger partial charge in [-0.25, -0.2) is 0 Å². The zero-order valence-electron chi connectivity index (χ0n) is 14.2. The van der Waals surface area contributed by atoms with Gasteiger partial charge in [-0.2, -0.15) is 0 Å². The minimum absolute atomic E-state index is 0.0931. The summed E-state index contributed by atoms with van der Waals surface area (Å²) in [4.78, 5) is 14.7. The number of amides is 1. The molecule has 2 aliphatic rings. The minimum atomic E-state index is -0.0931. The van der Waals surface area contributed by atoms with E-state index in [2.05, 4.69) is 22.3 Å². The molecule has 2 aromatic carbocycles. The van der Waals surface area contributed by atoms with Gasteiger partial charge < -0.3 is 20.7 Å². The number of nitrogens with one attached hydrogen (secondary N) is 1. The summed E-state index contributed by atoms with van der Waals surface area (Å²) in [6, 6.07) is 16.0. The summed E-state index contributed by atoms with van der Waals surface area (Å²) >= 11 is 0. The smallest absolute Gasteiger partial charge is 0.255 e. The summed E-state index contributed by atoms with van der Waals surface area (Å²) in [5, 5.41) is 2.95. The van der Waals surface area contributed by atoms with E-state index in [1.165, 1.54) is 5.56 Å². The van der Waals surface area contributed by atoms with Crippen LogP contribution in [0.1, 0.15) is 28.3 Å². The van der Waals surface area contributed by atoms with E-state index >= 15 is 0 Å². The molecule has 1 amide bonds. The van der Waals surface area contributed by atoms with E-state index in [-0.39, 0.29) is 5.91 Å². The molecule has 3 N–H and O–H groups in total. The fourth-order valence-electron chi connectivity index (χ4n) is 3.26. The lowest BCUT2D eigenvalue weighted by atomic mass is 10.1. The van der Waals surface area contributed by atoms with Gasteiger partial charge in [0, 0.05) is 42.0 Å². The largest absolute Gasteiger partial charge is 0.378 e. The van der Waals surface area contributed by atoms with Crippen molar-refractivity contribution in [2.75, 3.05) is 36.5 Å². The maximum atomic E-state index is 12.4. The van der Waals surface area contributed by atoms with Crippen molar-refractivity contribution in [2.45, 2.75) is 18.4 Å². The van der Waals surface area contributed by atoms with Crippen molar-refractivity contribution in [1.29, 1.82) is 0 Å². The number of rotatable bonds is 4. The number of hydrogen-bond acceptors (Lipinski definition) is 4. The molecule has 2 aromatic rings. The number of anilines is 2. The molecule has 2 fully saturated rings. The van der Waals surface area contributed by atoms with Crippen molar-refractivity contribution in [2.24, 2.45) is 5.73 Å². The van der Waals surface area contributed by atoms with Crippen LogP contribution in [0.25, 0.3) is 0 Å². The fraction of sp³-hybridized carbons (Fsp3) is 0.350. The van der Waals surface area contributed by atoms with E-state index in [0.717, 1.165) is 44.1 Å². The first-order valence-corrected chi connectivity index (χ1v) is 8.80. The highest BCUT2D eigenvalue weighted by Crippen LogP contribution is 2.39. The molecule has 1 saturated carbocycles. The van der Waals surface area contributed by atoms with E-state index in [9.17, 15) is 4.79 Å². The third-order valence-corrected chi connectivity index (χ3v) is 4.94. The Kier molecular flexibility index (Phi) is 4.42. The monoisotopic (exact) mass is 337 g/mol. The first kappa shape index (κ1) is 16.1. The Bertz CT molecular complexity index is 737. The van der Waals surface area contributed by atoms with Crippen LogP contribution in [0, 0.1) is 0 Å². The minimum Gasteiger partial charge on any atom is -0.378 e. The summed E-state index contributed by atoms with van der Waals surface area (Å²) in [6.07, 6.45) is 1.06. The third kappa shape index (κ3) is 3.67. The predicted octanol–water partition coefficient (Wildman–Crippen LogP) is 2.59. The summed E-state index contributed by atoms with van der Waals surface area (Å²) in [7, 11) is 0. The lowest BCUT2D eigenvalue weighted by molar-refractivity contribution is 0.102. The van der Waals surface area contributed by atoms with E-state index in [1.54, 1.807) is 0 Å². The summed E-state index contributed by atoms with van der Waals surface area (Å²) in [6.45, 7) is 3.29. The quantitative estimate of drug-likeness (QED) is 0.900. The van der Waals surface area contributed by atoms with Crippen molar-refractivity contribution in [3.63, 3.8) is 0 Å². The van der Waals surface area contributed by atoms with Gasteiger partial charge in [0.15, 0.2) is 0 Å². The van der Waals surface area contributed by atoms with Gasteiger partial charge in [-0.1, -0.05) is 12.1 Å². The van der Waals surface area contributed by atoms with Gasteiger partial charge in [0.05, 0.1) is 13.2 Å². The Balaban J connectivity index is 1.38. The molecule has 1 aliphatic carbocycles. The number of nitrogens with zero attached hydrogens (tertiary/aromatic N) is 1. The van der Waals surface area contributed by atoms with Crippen LogP contribution in [0.3, 0.4) is 0 Å².